The molecule has 1 fully saturated rings. The summed E-state index contributed by atoms with van der Waals surface area (Å²) in [5.74, 6) is 0.107. The van der Waals surface area contributed by atoms with Crippen molar-refractivity contribution in [2.24, 2.45) is 5.41 Å². The second kappa shape index (κ2) is 4.17. The van der Waals surface area contributed by atoms with Gasteiger partial charge in [-0.15, -0.1) is 0 Å². The lowest BCUT2D eigenvalue weighted by atomic mass is 10.0. The van der Waals surface area contributed by atoms with Gasteiger partial charge in [0.25, 0.3) is 0 Å². The predicted octanol–water partition coefficient (Wildman–Crippen LogP) is 3.26. The van der Waals surface area contributed by atoms with Crippen molar-refractivity contribution in [3.8, 4) is 0 Å². The van der Waals surface area contributed by atoms with Gasteiger partial charge in [0.15, 0.2) is 5.78 Å². The Balaban J connectivity index is 2.07. The van der Waals surface area contributed by atoms with E-state index in [1.54, 1.807) is 6.92 Å². The van der Waals surface area contributed by atoms with Crippen molar-refractivity contribution in [3.63, 3.8) is 0 Å². The summed E-state index contributed by atoms with van der Waals surface area (Å²) in [7, 11) is 0. The number of rotatable bonds is 5. The van der Waals surface area contributed by atoms with E-state index in [2.05, 4.69) is 16.6 Å². The number of aryl methyl sites for hydroxylation is 1. The molecular formula is C12H18N2OS. The van der Waals surface area contributed by atoms with Crippen molar-refractivity contribution in [1.82, 2.24) is 4.37 Å². The van der Waals surface area contributed by atoms with Gasteiger partial charge in [-0.3, -0.25) is 4.79 Å². The fraction of sp³-hybridized carbons (Fsp3) is 0.667. The zero-order valence-corrected chi connectivity index (χ0v) is 10.9. The van der Waals surface area contributed by atoms with Gasteiger partial charge in [-0.1, -0.05) is 6.92 Å². The van der Waals surface area contributed by atoms with Gasteiger partial charge in [0.05, 0.1) is 11.3 Å². The Morgan fingerprint density at radius 1 is 1.56 bits per heavy atom. The number of Topliss-reactive ketones (excluding diaryl/α,β-unsaturated/α-hetero) is 1. The molecular weight excluding hydrogens is 220 g/mol. The average molecular weight is 238 g/mol. The van der Waals surface area contributed by atoms with Crippen molar-refractivity contribution < 1.29 is 4.79 Å². The molecule has 1 aromatic rings. The first-order valence-corrected chi connectivity index (χ1v) is 6.56. The molecule has 88 valence electrons. The molecule has 0 unspecified atom stereocenters. The molecule has 16 heavy (non-hydrogen) atoms. The molecule has 1 heterocycles. The van der Waals surface area contributed by atoms with Crippen LogP contribution in [0.15, 0.2) is 0 Å². The Kier molecular flexibility index (Phi) is 3.02. The number of anilines is 1. The van der Waals surface area contributed by atoms with E-state index < -0.39 is 0 Å². The highest BCUT2D eigenvalue weighted by atomic mass is 32.1. The summed E-state index contributed by atoms with van der Waals surface area (Å²) in [6, 6.07) is 0. The van der Waals surface area contributed by atoms with E-state index in [9.17, 15) is 4.79 Å². The molecule has 0 saturated heterocycles. The van der Waals surface area contributed by atoms with Crippen molar-refractivity contribution in [2.75, 3.05) is 11.9 Å². The van der Waals surface area contributed by atoms with Crippen molar-refractivity contribution in [1.29, 1.82) is 0 Å². The standard InChI is InChI=1S/C12H18N2OS/c1-4-12(5-6-12)7-13-11-10(9(3)15)8(2)14-16-11/h13H,4-7H2,1-3H3. The van der Waals surface area contributed by atoms with E-state index in [4.69, 9.17) is 0 Å². The van der Waals surface area contributed by atoms with Crippen LogP contribution in [0.1, 0.15) is 49.2 Å². The van der Waals surface area contributed by atoms with Crippen LogP contribution >= 0.6 is 11.5 Å². The molecule has 0 spiro atoms. The number of aromatic nitrogens is 1. The lowest BCUT2D eigenvalue weighted by Gasteiger charge is -2.13. The zero-order valence-electron chi connectivity index (χ0n) is 10.1. The molecule has 0 aliphatic heterocycles. The third-order valence-corrected chi connectivity index (χ3v) is 4.44. The van der Waals surface area contributed by atoms with Gasteiger partial charge in [0.2, 0.25) is 0 Å². The lowest BCUT2D eigenvalue weighted by Crippen LogP contribution is -2.15. The first kappa shape index (κ1) is 11.6. The minimum absolute atomic E-state index is 0.107. The first-order chi connectivity index (χ1) is 7.58. The maximum Gasteiger partial charge on any atom is 0.164 e. The van der Waals surface area contributed by atoms with Crippen LogP contribution in [0.4, 0.5) is 5.00 Å². The van der Waals surface area contributed by atoms with Crippen molar-refractivity contribution in [2.45, 2.75) is 40.0 Å². The quantitative estimate of drug-likeness (QED) is 0.801. The average Bonchev–Trinajstić information content (AvgIpc) is 2.93. The Morgan fingerprint density at radius 3 is 2.75 bits per heavy atom. The van der Waals surface area contributed by atoms with Crippen LogP contribution in [0.25, 0.3) is 0 Å². The highest BCUT2D eigenvalue weighted by Gasteiger charge is 2.40. The van der Waals surface area contributed by atoms with E-state index in [1.165, 1.54) is 30.8 Å². The van der Waals surface area contributed by atoms with Crippen LogP contribution in [-0.2, 0) is 0 Å². The Labute approximate surface area is 100 Å². The topological polar surface area (TPSA) is 42.0 Å². The normalized spacial score (nSPS) is 17.2. The third kappa shape index (κ3) is 2.12. The monoisotopic (exact) mass is 238 g/mol. The maximum absolute atomic E-state index is 11.5. The van der Waals surface area contributed by atoms with Gasteiger partial charge in [-0.25, -0.2) is 0 Å². The molecule has 0 bridgehead atoms. The van der Waals surface area contributed by atoms with Gasteiger partial charge in [0, 0.05) is 6.54 Å². The molecule has 0 radical (unpaired) electrons. The SMILES string of the molecule is CCC1(CNc2snc(C)c2C(C)=O)CC1. The summed E-state index contributed by atoms with van der Waals surface area (Å²) < 4.78 is 4.24. The molecule has 1 aliphatic rings. The Hall–Kier alpha value is -0.900. The van der Waals surface area contributed by atoms with E-state index >= 15 is 0 Å². The summed E-state index contributed by atoms with van der Waals surface area (Å²) in [6.07, 6.45) is 3.83. The predicted molar refractivity (Wildman–Crippen MR) is 67.3 cm³/mol. The molecule has 0 aromatic carbocycles. The zero-order chi connectivity index (χ0) is 11.8. The Bertz CT molecular complexity index is 407. The molecule has 3 nitrogen and oxygen atoms in total. The van der Waals surface area contributed by atoms with E-state index in [0.717, 1.165) is 22.8 Å². The number of nitrogens with one attached hydrogen (secondary N) is 1. The van der Waals surface area contributed by atoms with Gasteiger partial charge in [-0.2, -0.15) is 4.37 Å². The van der Waals surface area contributed by atoms with Crippen LogP contribution in [0.5, 0.6) is 0 Å². The minimum Gasteiger partial charge on any atom is -0.375 e. The number of nitrogens with zero attached hydrogens (tertiary/aromatic N) is 1. The first-order valence-electron chi connectivity index (χ1n) is 5.79. The fourth-order valence-electron chi connectivity index (χ4n) is 2.00. The summed E-state index contributed by atoms with van der Waals surface area (Å²) in [6.45, 7) is 6.71. The molecule has 0 amide bonds. The summed E-state index contributed by atoms with van der Waals surface area (Å²) in [5, 5.41) is 4.35. The van der Waals surface area contributed by atoms with E-state index in [1.807, 2.05) is 6.92 Å². The number of hydrogen-bond acceptors (Lipinski definition) is 4. The summed E-state index contributed by atoms with van der Waals surface area (Å²) in [5.41, 5.74) is 2.12. The van der Waals surface area contributed by atoms with Gasteiger partial charge >= 0.3 is 0 Å². The molecule has 4 heteroatoms. The van der Waals surface area contributed by atoms with Crippen molar-refractivity contribution in [3.05, 3.63) is 11.3 Å². The van der Waals surface area contributed by atoms with E-state index in [0.29, 0.717) is 5.41 Å². The van der Waals surface area contributed by atoms with Crippen LogP contribution in [0, 0.1) is 12.3 Å². The second-order valence-corrected chi connectivity index (χ2v) is 5.51. The number of carbonyl (C=O) groups excluding carboxylic acids is 1. The maximum atomic E-state index is 11.5. The summed E-state index contributed by atoms with van der Waals surface area (Å²) >= 11 is 1.40. The Morgan fingerprint density at radius 2 is 2.25 bits per heavy atom. The van der Waals surface area contributed by atoms with Crippen LogP contribution < -0.4 is 5.32 Å². The fourth-order valence-corrected chi connectivity index (χ4v) is 2.84. The third-order valence-electron chi connectivity index (χ3n) is 3.55. The number of hydrogen-bond donors (Lipinski definition) is 1. The van der Waals surface area contributed by atoms with Gasteiger partial charge < -0.3 is 5.32 Å². The molecule has 1 saturated carbocycles. The van der Waals surface area contributed by atoms with Gasteiger partial charge in [-0.05, 0) is 50.1 Å². The minimum atomic E-state index is 0.107. The van der Waals surface area contributed by atoms with Crippen molar-refractivity contribution >= 4 is 22.3 Å². The van der Waals surface area contributed by atoms with Crippen LogP contribution in [0.2, 0.25) is 0 Å². The highest BCUT2D eigenvalue weighted by molar-refractivity contribution is 7.10. The number of carbonyl (C=O) groups is 1. The second-order valence-electron chi connectivity index (χ2n) is 4.74. The lowest BCUT2D eigenvalue weighted by molar-refractivity contribution is 0.101. The van der Waals surface area contributed by atoms with E-state index in [-0.39, 0.29) is 5.78 Å². The molecule has 1 aromatic heterocycles. The van der Waals surface area contributed by atoms with Crippen LogP contribution in [-0.4, -0.2) is 16.7 Å². The largest absolute Gasteiger partial charge is 0.375 e. The molecule has 2 rings (SSSR count). The molecule has 1 aliphatic carbocycles. The smallest absolute Gasteiger partial charge is 0.164 e. The highest BCUT2D eigenvalue weighted by Crippen LogP contribution is 2.48. The number of ketones is 1. The molecule has 0 atom stereocenters. The van der Waals surface area contributed by atoms with Crippen LogP contribution in [0.3, 0.4) is 0 Å². The van der Waals surface area contributed by atoms with Gasteiger partial charge in [0.1, 0.15) is 5.00 Å². The molecule has 1 N–H and O–H groups in total. The summed E-state index contributed by atoms with van der Waals surface area (Å²) in [4.78, 5) is 11.5.